The van der Waals surface area contributed by atoms with Gasteiger partial charge in [-0.3, -0.25) is 0 Å². The number of hydrogen-bond donors (Lipinski definition) is 2. The Kier molecular flexibility index (Phi) is 2.55. The summed E-state index contributed by atoms with van der Waals surface area (Å²) in [5.41, 5.74) is 6.81. The van der Waals surface area contributed by atoms with E-state index in [1.165, 1.54) is 0 Å². The van der Waals surface area contributed by atoms with Crippen molar-refractivity contribution in [2.45, 2.75) is 26.3 Å². The molecule has 0 aliphatic rings. The maximum absolute atomic E-state index is 9.61. The summed E-state index contributed by atoms with van der Waals surface area (Å²) in [4.78, 5) is 0. The molecule has 0 aliphatic heterocycles. The molecule has 1 aromatic rings. The van der Waals surface area contributed by atoms with Crippen LogP contribution in [-0.2, 0) is 5.54 Å². The Morgan fingerprint density at radius 3 is 2.38 bits per heavy atom. The first-order valence-electron chi connectivity index (χ1n) is 4.11. The van der Waals surface area contributed by atoms with Crippen LogP contribution in [0.25, 0.3) is 0 Å². The summed E-state index contributed by atoms with van der Waals surface area (Å²) < 4.78 is 0. The van der Waals surface area contributed by atoms with Gasteiger partial charge in [-0.25, -0.2) is 0 Å². The standard InChI is InChI=1S/C10H14ClNO/c1-6-4-9(13)7(5-8(6)11)10(2,3)12/h4-5,13H,12H2,1-3H3. The number of nitrogens with two attached hydrogens (primary N) is 1. The predicted molar refractivity (Wildman–Crippen MR) is 55.1 cm³/mol. The van der Waals surface area contributed by atoms with Crippen molar-refractivity contribution < 1.29 is 5.11 Å². The molecule has 0 aromatic heterocycles. The fraction of sp³-hybridized carbons (Fsp3) is 0.400. The van der Waals surface area contributed by atoms with Crippen molar-refractivity contribution in [1.29, 1.82) is 0 Å². The summed E-state index contributed by atoms with van der Waals surface area (Å²) in [6.07, 6.45) is 0. The van der Waals surface area contributed by atoms with Gasteiger partial charge in [0.15, 0.2) is 0 Å². The number of aryl methyl sites for hydroxylation is 1. The van der Waals surface area contributed by atoms with Gasteiger partial charge < -0.3 is 10.8 Å². The summed E-state index contributed by atoms with van der Waals surface area (Å²) in [6, 6.07) is 3.35. The van der Waals surface area contributed by atoms with Crippen molar-refractivity contribution in [3.63, 3.8) is 0 Å². The number of rotatable bonds is 1. The van der Waals surface area contributed by atoms with E-state index in [2.05, 4.69) is 0 Å². The fourth-order valence-corrected chi connectivity index (χ4v) is 1.35. The van der Waals surface area contributed by atoms with Crippen LogP contribution < -0.4 is 5.73 Å². The molecule has 0 fully saturated rings. The van der Waals surface area contributed by atoms with E-state index in [1.54, 1.807) is 12.1 Å². The topological polar surface area (TPSA) is 46.2 Å². The Morgan fingerprint density at radius 1 is 1.38 bits per heavy atom. The van der Waals surface area contributed by atoms with Gasteiger partial charge >= 0.3 is 0 Å². The lowest BCUT2D eigenvalue weighted by molar-refractivity contribution is 0.440. The Bertz CT molecular complexity index is 328. The van der Waals surface area contributed by atoms with Gasteiger partial charge in [0, 0.05) is 16.1 Å². The van der Waals surface area contributed by atoms with E-state index < -0.39 is 5.54 Å². The highest BCUT2D eigenvalue weighted by molar-refractivity contribution is 6.31. The minimum atomic E-state index is -0.568. The van der Waals surface area contributed by atoms with Gasteiger partial charge in [-0.1, -0.05) is 11.6 Å². The van der Waals surface area contributed by atoms with E-state index in [1.807, 2.05) is 20.8 Å². The molecule has 1 rings (SSSR count). The second kappa shape index (κ2) is 3.20. The van der Waals surface area contributed by atoms with Crippen LogP contribution in [0.2, 0.25) is 5.02 Å². The molecule has 0 saturated heterocycles. The Hall–Kier alpha value is -0.730. The van der Waals surface area contributed by atoms with Gasteiger partial charge in [-0.05, 0) is 38.5 Å². The van der Waals surface area contributed by atoms with Gasteiger partial charge in [0.1, 0.15) is 5.75 Å². The lowest BCUT2D eigenvalue weighted by atomic mass is 9.94. The quantitative estimate of drug-likeness (QED) is 0.730. The number of benzene rings is 1. The second-order valence-electron chi connectivity index (χ2n) is 3.84. The van der Waals surface area contributed by atoms with E-state index in [4.69, 9.17) is 17.3 Å². The zero-order valence-corrected chi connectivity index (χ0v) is 8.81. The smallest absolute Gasteiger partial charge is 0.120 e. The Labute approximate surface area is 83.3 Å². The molecule has 13 heavy (non-hydrogen) atoms. The highest BCUT2D eigenvalue weighted by Gasteiger charge is 2.19. The molecule has 72 valence electrons. The summed E-state index contributed by atoms with van der Waals surface area (Å²) >= 11 is 5.93. The fourth-order valence-electron chi connectivity index (χ4n) is 1.18. The lowest BCUT2D eigenvalue weighted by Gasteiger charge is -2.21. The maximum Gasteiger partial charge on any atom is 0.120 e. The van der Waals surface area contributed by atoms with E-state index in [0.29, 0.717) is 10.6 Å². The zero-order valence-electron chi connectivity index (χ0n) is 8.06. The van der Waals surface area contributed by atoms with E-state index in [-0.39, 0.29) is 5.75 Å². The van der Waals surface area contributed by atoms with E-state index >= 15 is 0 Å². The maximum atomic E-state index is 9.61. The van der Waals surface area contributed by atoms with Gasteiger partial charge in [0.2, 0.25) is 0 Å². The molecule has 0 amide bonds. The first-order valence-corrected chi connectivity index (χ1v) is 4.48. The zero-order chi connectivity index (χ0) is 10.2. The van der Waals surface area contributed by atoms with Crippen LogP contribution in [0.5, 0.6) is 5.75 Å². The molecule has 3 N–H and O–H groups in total. The summed E-state index contributed by atoms with van der Waals surface area (Å²) in [5.74, 6) is 0.203. The molecule has 1 aromatic carbocycles. The Morgan fingerprint density at radius 2 is 1.92 bits per heavy atom. The van der Waals surface area contributed by atoms with Crippen LogP contribution in [-0.4, -0.2) is 5.11 Å². The number of aromatic hydroxyl groups is 1. The molecular weight excluding hydrogens is 186 g/mol. The molecule has 0 bridgehead atoms. The third kappa shape index (κ3) is 2.14. The molecule has 0 spiro atoms. The van der Waals surface area contributed by atoms with Crippen molar-refractivity contribution in [1.82, 2.24) is 0 Å². The lowest BCUT2D eigenvalue weighted by Crippen LogP contribution is -2.28. The molecule has 0 atom stereocenters. The van der Waals surface area contributed by atoms with Crippen molar-refractivity contribution in [2.75, 3.05) is 0 Å². The minimum Gasteiger partial charge on any atom is -0.508 e. The van der Waals surface area contributed by atoms with Crippen molar-refractivity contribution in [3.8, 4) is 5.75 Å². The normalized spacial score (nSPS) is 11.8. The molecule has 2 nitrogen and oxygen atoms in total. The van der Waals surface area contributed by atoms with Gasteiger partial charge in [0.25, 0.3) is 0 Å². The average Bonchev–Trinajstić information content (AvgIpc) is 1.94. The molecule has 0 heterocycles. The first kappa shape index (κ1) is 10.4. The average molecular weight is 200 g/mol. The molecule has 3 heteroatoms. The van der Waals surface area contributed by atoms with Gasteiger partial charge in [0.05, 0.1) is 0 Å². The highest BCUT2D eigenvalue weighted by atomic mass is 35.5. The first-order chi connectivity index (χ1) is 5.82. The predicted octanol–water partition coefficient (Wildman–Crippen LogP) is 2.55. The van der Waals surface area contributed by atoms with Gasteiger partial charge in [-0.2, -0.15) is 0 Å². The molecule has 0 unspecified atom stereocenters. The molecular formula is C10H14ClNO. The summed E-state index contributed by atoms with van der Waals surface area (Å²) in [5, 5.41) is 10.2. The molecule has 0 radical (unpaired) electrons. The van der Waals surface area contributed by atoms with E-state index in [9.17, 15) is 5.11 Å². The molecule has 0 saturated carbocycles. The SMILES string of the molecule is Cc1cc(O)c(C(C)(C)N)cc1Cl. The third-order valence-electron chi connectivity index (χ3n) is 1.97. The van der Waals surface area contributed by atoms with Crippen molar-refractivity contribution in [3.05, 3.63) is 28.3 Å². The van der Waals surface area contributed by atoms with Crippen LogP contribution in [0.4, 0.5) is 0 Å². The summed E-state index contributed by atoms with van der Waals surface area (Å²) in [7, 11) is 0. The van der Waals surface area contributed by atoms with Crippen LogP contribution in [0.15, 0.2) is 12.1 Å². The third-order valence-corrected chi connectivity index (χ3v) is 2.38. The van der Waals surface area contributed by atoms with E-state index in [0.717, 1.165) is 5.56 Å². The van der Waals surface area contributed by atoms with Crippen LogP contribution in [0.1, 0.15) is 25.0 Å². The van der Waals surface area contributed by atoms with Gasteiger partial charge in [-0.15, -0.1) is 0 Å². The van der Waals surface area contributed by atoms with Crippen LogP contribution in [0.3, 0.4) is 0 Å². The second-order valence-corrected chi connectivity index (χ2v) is 4.25. The number of phenols is 1. The number of phenolic OH excluding ortho intramolecular Hbond substituents is 1. The summed E-state index contributed by atoms with van der Waals surface area (Å²) in [6.45, 7) is 5.50. The largest absolute Gasteiger partial charge is 0.508 e. The minimum absolute atomic E-state index is 0.203. The molecule has 0 aliphatic carbocycles. The number of hydrogen-bond acceptors (Lipinski definition) is 2. The monoisotopic (exact) mass is 199 g/mol. The van der Waals surface area contributed by atoms with Crippen LogP contribution in [0, 0.1) is 6.92 Å². The highest BCUT2D eigenvalue weighted by Crippen LogP contribution is 2.31. The van der Waals surface area contributed by atoms with Crippen molar-refractivity contribution in [2.24, 2.45) is 5.73 Å². The van der Waals surface area contributed by atoms with Crippen LogP contribution >= 0.6 is 11.6 Å². The number of halogens is 1. The van der Waals surface area contributed by atoms with Crippen molar-refractivity contribution >= 4 is 11.6 Å². The Balaban J connectivity index is 3.32.